The van der Waals surface area contributed by atoms with Gasteiger partial charge in [0.1, 0.15) is 17.0 Å². The van der Waals surface area contributed by atoms with E-state index in [0.717, 1.165) is 0 Å². The second-order valence-corrected chi connectivity index (χ2v) is 15.4. The zero-order valence-corrected chi connectivity index (χ0v) is 28.0. The van der Waals surface area contributed by atoms with Gasteiger partial charge in [0, 0.05) is 28.8 Å². The van der Waals surface area contributed by atoms with E-state index in [1.54, 1.807) is 34.6 Å². The number of nitro benzene ring substituents is 1. The molecule has 0 fully saturated rings. The van der Waals surface area contributed by atoms with Crippen molar-refractivity contribution in [2.75, 3.05) is 0 Å². The zero-order valence-electron chi connectivity index (χ0n) is 27.1. The molecule has 0 spiro atoms. The molecule has 0 atom stereocenters. The van der Waals surface area contributed by atoms with Crippen molar-refractivity contribution in [2.45, 2.75) is 76.6 Å². The Hall–Kier alpha value is -5.18. The number of carbonyl (C=O) groups is 2. The van der Waals surface area contributed by atoms with Crippen molar-refractivity contribution in [3.8, 4) is 39.8 Å². The van der Waals surface area contributed by atoms with Crippen LogP contribution in [0.15, 0.2) is 57.9 Å². The quantitative estimate of drug-likeness (QED) is 0.126. The lowest BCUT2D eigenvalue weighted by molar-refractivity contribution is -0.384. The van der Waals surface area contributed by atoms with E-state index in [-0.39, 0.29) is 33.4 Å². The van der Waals surface area contributed by atoms with Crippen LogP contribution in [0.25, 0.3) is 34.0 Å². The predicted octanol–water partition coefficient (Wildman–Crippen LogP) is 6.27. The van der Waals surface area contributed by atoms with Crippen LogP contribution in [0.2, 0.25) is 0 Å². The maximum Gasteiger partial charge on any atom is 0.411 e. The zero-order chi connectivity index (χ0) is 35.1. The van der Waals surface area contributed by atoms with Crippen molar-refractivity contribution < 1.29 is 36.9 Å². The first-order valence-corrected chi connectivity index (χ1v) is 16.0. The van der Waals surface area contributed by atoms with Crippen LogP contribution in [0.5, 0.6) is 5.88 Å². The molecule has 0 aliphatic heterocycles. The normalized spacial score (nSPS) is 12.2. The fourth-order valence-electron chi connectivity index (χ4n) is 4.56. The molecule has 2 aromatic carbocycles. The van der Waals surface area contributed by atoms with Gasteiger partial charge in [-0.05, 0) is 64.3 Å². The second kappa shape index (κ2) is 12.5. The monoisotopic (exact) mass is 665 g/mol. The molecule has 0 aliphatic rings. The van der Waals surface area contributed by atoms with E-state index in [1.165, 1.54) is 48.5 Å². The third-order valence-electron chi connectivity index (χ3n) is 6.74. The standard InChI is InChI=1S/C32H35N5O9S/c1-17(2)47(42,43)21-15-11-19(12-16-21)24-25(29(38)45-32(6,7)8)35-28(44-30(33)39)26(34-24)27-22(31(3,4)5)23(36-46-27)18-9-13-20(14-10-18)37(40)41/h9-17H,1-8H3,(H2,33,39). The molecule has 2 heterocycles. The van der Waals surface area contributed by atoms with Gasteiger partial charge in [-0.25, -0.2) is 28.0 Å². The van der Waals surface area contributed by atoms with Crippen LogP contribution in [0.4, 0.5) is 10.5 Å². The number of rotatable bonds is 8. The summed E-state index contributed by atoms with van der Waals surface area (Å²) in [6.45, 7) is 13.7. The first-order valence-electron chi connectivity index (χ1n) is 14.4. The van der Waals surface area contributed by atoms with E-state index in [0.29, 0.717) is 22.4 Å². The molecule has 0 saturated heterocycles. The van der Waals surface area contributed by atoms with Crippen molar-refractivity contribution in [1.29, 1.82) is 0 Å². The third kappa shape index (κ3) is 7.46. The van der Waals surface area contributed by atoms with Gasteiger partial charge in [0.2, 0.25) is 0 Å². The number of nitrogens with zero attached hydrogens (tertiary/aromatic N) is 4. The van der Waals surface area contributed by atoms with Gasteiger partial charge in [0.25, 0.3) is 11.6 Å². The number of hydrogen-bond acceptors (Lipinski definition) is 12. The summed E-state index contributed by atoms with van der Waals surface area (Å²) in [5.74, 6) is -1.36. The summed E-state index contributed by atoms with van der Waals surface area (Å²) in [4.78, 5) is 45.3. The Labute approximate surface area is 271 Å². The number of hydrogen-bond donors (Lipinski definition) is 1. The summed E-state index contributed by atoms with van der Waals surface area (Å²) in [5, 5.41) is 14.8. The van der Waals surface area contributed by atoms with E-state index in [4.69, 9.17) is 24.7 Å². The molecule has 14 nitrogen and oxygen atoms in total. The summed E-state index contributed by atoms with van der Waals surface area (Å²) in [7, 11) is -3.61. The maximum absolute atomic E-state index is 13.5. The average Bonchev–Trinajstić information content (AvgIpc) is 3.42. The molecule has 4 rings (SSSR count). The largest absolute Gasteiger partial charge is 0.455 e. The van der Waals surface area contributed by atoms with Crippen LogP contribution in [0.3, 0.4) is 0 Å². The van der Waals surface area contributed by atoms with Gasteiger partial charge in [-0.15, -0.1) is 0 Å². The molecule has 0 bridgehead atoms. The molecular formula is C32H35N5O9S. The first kappa shape index (κ1) is 34.7. The molecule has 47 heavy (non-hydrogen) atoms. The Morgan fingerprint density at radius 1 is 0.894 bits per heavy atom. The topological polar surface area (TPSA) is 208 Å². The van der Waals surface area contributed by atoms with E-state index in [2.05, 4.69) is 10.1 Å². The molecule has 0 aliphatic carbocycles. The number of amides is 1. The molecule has 0 saturated carbocycles. The highest BCUT2D eigenvalue weighted by Crippen LogP contribution is 2.43. The number of benzene rings is 2. The van der Waals surface area contributed by atoms with Gasteiger partial charge >= 0.3 is 12.1 Å². The molecule has 2 N–H and O–H groups in total. The van der Waals surface area contributed by atoms with Gasteiger partial charge < -0.3 is 19.7 Å². The van der Waals surface area contributed by atoms with E-state index in [9.17, 15) is 28.1 Å². The van der Waals surface area contributed by atoms with E-state index < -0.39 is 49.0 Å². The Morgan fingerprint density at radius 3 is 1.94 bits per heavy atom. The van der Waals surface area contributed by atoms with Crippen LogP contribution in [-0.4, -0.2) is 51.4 Å². The summed E-state index contributed by atoms with van der Waals surface area (Å²) in [5.41, 5.74) is 4.69. The van der Waals surface area contributed by atoms with Gasteiger partial charge in [0.05, 0.1) is 15.1 Å². The molecule has 15 heteroatoms. The highest BCUT2D eigenvalue weighted by Gasteiger charge is 2.35. The van der Waals surface area contributed by atoms with Crippen molar-refractivity contribution in [1.82, 2.24) is 15.1 Å². The van der Waals surface area contributed by atoms with Crippen LogP contribution < -0.4 is 10.5 Å². The van der Waals surface area contributed by atoms with Gasteiger partial charge in [0.15, 0.2) is 27.0 Å². The SMILES string of the molecule is CC(C)S(=O)(=O)c1ccc(-c2nc(-c3onc(-c4ccc([N+](=O)[O-])cc4)c3C(C)(C)C)c(OC(N)=O)nc2C(=O)OC(C)(C)C)cc1. The van der Waals surface area contributed by atoms with E-state index in [1.807, 2.05) is 20.8 Å². The highest BCUT2D eigenvalue weighted by atomic mass is 32.2. The smallest absolute Gasteiger partial charge is 0.411 e. The van der Waals surface area contributed by atoms with Crippen molar-refractivity contribution in [2.24, 2.45) is 5.73 Å². The Bertz CT molecular complexity index is 1950. The lowest BCUT2D eigenvalue weighted by Gasteiger charge is -2.22. The fraction of sp³-hybridized carbons (Fsp3) is 0.344. The number of esters is 1. The summed E-state index contributed by atoms with van der Waals surface area (Å²) < 4.78 is 42.2. The number of primary amides is 1. The first-order chi connectivity index (χ1) is 21.7. The number of carbonyl (C=O) groups excluding carboxylic acids is 2. The van der Waals surface area contributed by atoms with Crippen molar-refractivity contribution >= 4 is 27.6 Å². The molecule has 4 aromatic rings. The van der Waals surface area contributed by atoms with Crippen LogP contribution in [0, 0.1) is 10.1 Å². The van der Waals surface area contributed by atoms with Gasteiger partial charge in [-0.1, -0.05) is 38.1 Å². The highest BCUT2D eigenvalue weighted by molar-refractivity contribution is 7.92. The number of non-ortho nitro benzene ring substituents is 1. The van der Waals surface area contributed by atoms with Crippen molar-refractivity contribution in [3.05, 3.63) is 69.9 Å². The molecular weight excluding hydrogens is 630 g/mol. The fourth-order valence-corrected chi connectivity index (χ4v) is 5.62. The summed E-state index contributed by atoms with van der Waals surface area (Å²) >= 11 is 0. The average molecular weight is 666 g/mol. The van der Waals surface area contributed by atoms with Crippen LogP contribution in [0.1, 0.15) is 71.4 Å². The minimum atomic E-state index is -3.61. The minimum Gasteiger partial charge on any atom is -0.455 e. The number of nitrogens with two attached hydrogens (primary N) is 1. The minimum absolute atomic E-state index is 0.0191. The molecule has 248 valence electrons. The molecule has 0 unspecified atom stereocenters. The van der Waals surface area contributed by atoms with Crippen LogP contribution >= 0.6 is 0 Å². The molecule has 0 radical (unpaired) electrons. The Morgan fingerprint density at radius 2 is 1.45 bits per heavy atom. The maximum atomic E-state index is 13.5. The predicted molar refractivity (Wildman–Crippen MR) is 171 cm³/mol. The number of ether oxygens (including phenoxy) is 2. The van der Waals surface area contributed by atoms with Gasteiger partial charge in [-0.3, -0.25) is 10.1 Å². The molecule has 1 amide bonds. The Balaban J connectivity index is 2.04. The number of nitro groups is 1. The lowest BCUT2D eigenvalue weighted by atomic mass is 9.83. The molecule has 2 aromatic heterocycles. The number of sulfone groups is 1. The second-order valence-electron chi connectivity index (χ2n) is 12.9. The third-order valence-corrected chi connectivity index (χ3v) is 8.91. The van der Waals surface area contributed by atoms with E-state index >= 15 is 0 Å². The summed E-state index contributed by atoms with van der Waals surface area (Å²) in [6.07, 6.45) is -1.25. The van der Waals surface area contributed by atoms with Crippen LogP contribution in [-0.2, 0) is 20.0 Å². The number of aromatic nitrogens is 3. The lowest BCUT2D eigenvalue weighted by Crippen LogP contribution is -2.26. The summed E-state index contributed by atoms with van der Waals surface area (Å²) in [6, 6.07) is 11.4. The van der Waals surface area contributed by atoms with Crippen molar-refractivity contribution in [3.63, 3.8) is 0 Å². The van der Waals surface area contributed by atoms with Gasteiger partial charge in [-0.2, -0.15) is 0 Å². The Kier molecular flexibility index (Phi) is 9.26.